The molecule has 0 fully saturated rings. The second-order valence-electron chi connectivity index (χ2n) is 7.76. The standard InChI is InChI=1S/C17H23ClN2O3.C7H7Cl/c1-4-16(23,5-2)17(9-8-14(21)19-3)12-7-6-11(18)10-13(12)20-15(17)22;1-6-3-2-4-7(8)5-6/h6-7,10,23H,4-5,8-9H2,1-3H3,(H,19,21)(H,20,22);2-5H,1H3/t17-;/m0./s1. The Balaban J connectivity index is 0.000000357. The van der Waals surface area contributed by atoms with Gasteiger partial charge < -0.3 is 15.7 Å². The summed E-state index contributed by atoms with van der Waals surface area (Å²) in [7, 11) is 1.56. The molecule has 2 aromatic carbocycles. The molecule has 2 amide bonds. The number of aliphatic hydroxyl groups is 1. The Hall–Kier alpha value is -2.08. The molecule has 1 aliphatic heterocycles. The van der Waals surface area contributed by atoms with Gasteiger partial charge in [0.05, 0.1) is 5.60 Å². The van der Waals surface area contributed by atoms with Crippen molar-refractivity contribution in [1.82, 2.24) is 5.32 Å². The summed E-state index contributed by atoms with van der Waals surface area (Å²) in [6.45, 7) is 5.73. The van der Waals surface area contributed by atoms with Crippen LogP contribution in [0.15, 0.2) is 42.5 Å². The van der Waals surface area contributed by atoms with Gasteiger partial charge in [0.1, 0.15) is 5.41 Å². The lowest BCUT2D eigenvalue weighted by Crippen LogP contribution is -2.55. The molecular weight excluding hydrogens is 435 g/mol. The number of anilines is 1. The van der Waals surface area contributed by atoms with Crippen molar-refractivity contribution in [3.05, 3.63) is 63.6 Å². The van der Waals surface area contributed by atoms with Gasteiger partial charge in [-0.2, -0.15) is 0 Å². The first-order valence-corrected chi connectivity index (χ1v) is 11.2. The van der Waals surface area contributed by atoms with Crippen LogP contribution in [-0.2, 0) is 15.0 Å². The van der Waals surface area contributed by atoms with E-state index in [1.807, 2.05) is 45.0 Å². The molecule has 0 aliphatic carbocycles. The molecule has 1 aliphatic rings. The third kappa shape index (κ3) is 5.22. The summed E-state index contributed by atoms with van der Waals surface area (Å²) in [6, 6.07) is 12.9. The number of rotatable bonds is 6. The highest BCUT2D eigenvalue weighted by atomic mass is 35.5. The number of benzene rings is 2. The highest BCUT2D eigenvalue weighted by Crippen LogP contribution is 2.51. The molecule has 3 rings (SSSR count). The van der Waals surface area contributed by atoms with E-state index in [0.29, 0.717) is 29.1 Å². The van der Waals surface area contributed by atoms with Crippen LogP contribution in [0.25, 0.3) is 0 Å². The lowest BCUT2D eigenvalue weighted by molar-refractivity contribution is -0.135. The molecule has 3 N–H and O–H groups in total. The molecule has 0 unspecified atom stereocenters. The third-order valence-corrected chi connectivity index (χ3v) is 6.50. The van der Waals surface area contributed by atoms with E-state index in [-0.39, 0.29) is 24.7 Å². The zero-order chi connectivity index (χ0) is 23.2. The maximum Gasteiger partial charge on any atom is 0.238 e. The van der Waals surface area contributed by atoms with E-state index in [4.69, 9.17) is 23.2 Å². The van der Waals surface area contributed by atoms with E-state index in [1.54, 1.807) is 25.2 Å². The normalized spacial score (nSPS) is 17.3. The topological polar surface area (TPSA) is 78.4 Å². The number of aryl methyl sites for hydroxylation is 1. The predicted octanol–water partition coefficient (Wildman–Crippen LogP) is 5.26. The quantitative estimate of drug-likeness (QED) is 0.545. The summed E-state index contributed by atoms with van der Waals surface area (Å²) in [6.07, 6.45) is 1.22. The maximum atomic E-state index is 12.9. The molecular formula is C24H30Cl2N2O3. The molecule has 1 atom stereocenters. The number of amides is 2. The van der Waals surface area contributed by atoms with E-state index in [0.717, 1.165) is 5.02 Å². The zero-order valence-electron chi connectivity index (χ0n) is 18.4. The Morgan fingerprint density at radius 1 is 1.13 bits per heavy atom. The van der Waals surface area contributed by atoms with Gasteiger partial charge in [-0.05, 0) is 61.6 Å². The molecule has 1 heterocycles. The largest absolute Gasteiger partial charge is 0.388 e. The summed E-state index contributed by atoms with van der Waals surface area (Å²) < 4.78 is 0. The van der Waals surface area contributed by atoms with Gasteiger partial charge in [0.15, 0.2) is 0 Å². The highest BCUT2D eigenvalue weighted by Gasteiger charge is 2.58. The van der Waals surface area contributed by atoms with Crippen LogP contribution < -0.4 is 10.6 Å². The summed E-state index contributed by atoms with van der Waals surface area (Å²) in [5.41, 5.74) is 0.145. The van der Waals surface area contributed by atoms with Gasteiger partial charge >= 0.3 is 0 Å². The van der Waals surface area contributed by atoms with Crippen LogP contribution in [0.1, 0.15) is 50.7 Å². The third-order valence-electron chi connectivity index (χ3n) is 6.03. The molecule has 0 bridgehead atoms. The fraction of sp³-hybridized carbons (Fsp3) is 0.417. The van der Waals surface area contributed by atoms with Crippen LogP contribution in [0.5, 0.6) is 0 Å². The Morgan fingerprint density at radius 3 is 2.29 bits per heavy atom. The predicted molar refractivity (Wildman–Crippen MR) is 127 cm³/mol. The van der Waals surface area contributed by atoms with Gasteiger partial charge in [0, 0.05) is 29.2 Å². The molecule has 0 saturated heterocycles. The molecule has 0 spiro atoms. The van der Waals surface area contributed by atoms with Crippen molar-refractivity contribution in [1.29, 1.82) is 0 Å². The van der Waals surface area contributed by atoms with Crippen LogP contribution >= 0.6 is 23.2 Å². The van der Waals surface area contributed by atoms with Gasteiger partial charge in [-0.25, -0.2) is 0 Å². The lowest BCUT2D eigenvalue weighted by atomic mass is 9.63. The summed E-state index contributed by atoms with van der Waals surface area (Å²) in [4.78, 5) is 24.6. The van der Waals surface area contributed by atoms with Gasteiger partial charge in [0.25, 0.3) is 0 Å². The van der Waals surface area contributed by atoms with Gasteiger partial charge in [-0.3, -0.25) is 9.59 Å². The van der Waals surface area contributed by atoms with E-state index in [1.165, 1.54) is 5.56 Å². The van der Waals surface area contributed by atoms with E-state index >= 15 is 0 Å². The van der Waals surface area contributed by atoms with Crippen LogP contribution in [0.2, 0.25) is 10.0 Å². The summed E-state index contributed by atoms with van der Waals surface area (Å²) >= 11 is 11.7. The first-order chi connectivity index (χ1) is 14.6. The minimum atomic E-state index is -1.23. The fourth-order valence-corrected chi connectivity index (χ4v) is 4.59. The monoisotopic (exact) mass is 464 g/mol. The average Bonchev–Trinajstić information content (AvgIpc) is 3.03. The number of carbonyl (C=O) groups is 2. The number of hydrogen-bond acceptors (Lipinski definition) is 3. The molecule has 0 aromatic heterocycles. The number of carbonyl (C=O) groups excluding carboxylic acids is 2. The molecule has 0 saturated carbocycles. The SMILES string of the molecule is CCC(O)(CC)[C@]1(CCC(=O)NC)C(=O)Nc2cc(Cl)ccc21.Cc1cccc(Cl)c1. The van der Waals surface area contributed by atoms with Crippen molar-refractivity contribution in [3.63, 3.8) is 0 Å². The molecule has 2 aromatic rings. The summed E-state index contributed by atoms with van der Waals surface area (Å²) in [5.74, 6) is -0.431. The minimum Gasteiger partial charge on any atom is -0.388 e. The van der Waals surface area contributed by atoms with Gasteiger partial charge in [-0.15, -0.1) is 0 Å². The molecule has 0 radical (unpaired) electrons. The van der Waals surface area contributed by atoms with Crippen LogP contribution in [0.4, 0.5) is 5.69 Å². The Labute approximate surface area is 194 Å². The fourth-order valence-electron chi connectivity index (χ4n) is 4.17. The van der Waals surface area contributed by atoms with Crippen molar-refractivity contribution >= 4 is 40.7 Å². The maximum absolute atomic E-state index is 12.9. The van der Waals surface area contributed by atoms with Crippen molar-refractivity contribution in [3.8, 4) is 0 Å². The Bertz CT molecular complexity index is 927. The zero-order valence-corrected chi connectivity index (χ0v) is 19.9. The number of nitrogens with one attached hydrogen (secondary N) is 2. The highest BCUT2D eigenvalue weighted by molar-refractivity contribution is 6.31. The first kappa shape index (κ1) is 25.2. The van der Waals surface area contributed by atoms with Crippen molar-refractivity contribution in [2.24, 2.45) is 0 Å². The number of fused-ring (bicyclic) bond motifs is 1. The van der Waals surface area contributed by atoms with E-state index in [2.05, 4.69) is 10.6 Å². The van der Waals surface area contributed by atoms with Crippen molar-refractivity contribution in [2.75, 3.05) is 12.4 Å². The number of halogens is 2. The van der Waals surface area contributed by atoms with Crippen LogP contribution in [0, 0.1) is 6.92 Å². The molecule has 31 heavy (non-hydrogen) atoms. The molecule has 5 nitrogen and oxygen atoms in total. The minimum absolute atomic E-state index is 0.158. The van der Waals surface area contributed by atoms with Crippen molar-refractivity contribution in [2.45, 2.75) is 57.5 Å². The Morgan fingerprint density at radius 2 is 1.77 bits per heavy atom. The first-order valence-electron chi connectivity index (χ1n) is 10.4. The number of hydrogen-bond donors (Lipinski definition) is 3. The van der Waals surface area contributed by atoms with Gasteiger partial charge in [-0.1, -0.05) is 55.2 Å². The summed E-state index contributed by atoms with van der Waals surface area (Å²) in [5, 5.41) is 18.0. The van der Waals surface area contributed by atoms with Crippen molar-refractivity contribution < 1.29 is 14.7 Å². The van der Waals surface area contributed by atoms with Gasteiger partial charge in [0.2, 0.25) is 11.8 Å². The Kier molecular flexibility index (Phi) is 8.52. The second kappa shape index (κ2) is 10.5. The average molecular weight is 465 g/mol. The molecule has 168 valence electrons. The van der Waals surface area contributed by atoms with Crippen LogP contribution in [-0.4, -0.2) is 29.6 Å². The second-order valence-corrected chi connectivity index (χ2v) is 8.63. The smallest absolute Gasteiger partial charge is 0.238 e. The van der Waals surface area contributed by atoms with Crippen LogP contribution in [0.3, 0.4) is 0 Å². The van der Waals surface area contributed by atoms with E-state index < -0.39 is 11.0 Å². The van der Waals surface area contributed by atoms with E-state index in [9.17, 15) is 14.7 Å². The molecule has 7 heteroatoms. The lowest BCUT2D eigenvalue weighted by Gasteiger charge is -2.43.